The molecule has 0 spiro atoms. The summed E-state index contributed by atoms with van der Waals surface area (Å²) in [5, 5.41) is 4.55. The number of nitrogens with one attached hydrogen (secondary N) is 1. The Morgan fingerprint density at radius 2 is 1.96 bits per heavy atom. The highest BCUT2D eigenvalue weighted by Crippen LogP contribution is 2.31. The molecule has 0 radical (unpaired) electrons. The van der Waals surface area contributed by atoms with Gasteiger partial charge in [0.15, 0.2) is 0 Å². The largest absolute Gasteiger partial charge is 0.471 e. The summed E-state index contributed by atoms with van der Waals surface area (Å²) in [5.74, 6) is -2.38. The van der Waals surface area contributed by atoms with Crippen LogP contribution in [0.15, 0.2) is 17.5 Å². The van der Waals surface area contributed by atoms with E-state index in [2.05, 4.69) is 5.32 Å². The van der Waals surface area contributed by atoms with Gasteiger partial charge in [-0.05, 0) is 36.6 Å². The van der Waals surface area contributed by atoms with Gasteiger partial charge in [-0.2, -0.15) is 13.2 Å². The number of thiophene rings is 1. The molecule has 26 heavy (non-hydrogen) atoms. The Bertz CT molecular complexity index is 596. The second kappa shape index (κ2) is 8.88. The van der Waals surface area contributed by atoms with Crippen LogP contribution < -0.4 is 5.32 Å². The molecule has 0 aliphatic heterocycles. The summed E-state index contributed by atoms with van der Waals surface area (Å²) in [7, 11) is 0. The van der Waals surface area contributed by atoms with Gasteiger partial charge in [-0.3, -0.25) is 9.59 Å². The van der Waals surface area contributed by atoms with Crippen molar-refractivity contribution >= 4 is 23.2 Å². The van der Waals surface area contributed by atoms with E-state index in [0.717, 1.165) is 25.7 Å². The van der Waals surface area contributed by atoms with E-state index in [4.69, 9.17) is 0 Å². The lowest BCUT2D eigenvalue weighted by atomic mass is 10.1. The van der Waals surface area contributed by atoms with E-state index < -0.39 is 24.0 Å². The summed E-state index contributed by atoms with van der Waals surface area (Å²) in [6.45, 7) is 3.63. The maximum Gasteiger partial charge on any atom is 0.471 e. The molecule has 8 heteroatoms. The number of nitrogens with zero attached hydrogens (tertiary/aromatic N) is 1. The fourth-order valence-electron chi connectivity index (χ4n) is 3.13. The summed E-state index contributed by atoms with van der Waals surface area (Å²) in [6, 6.07) is 2.01. The summed E-state index contributed by atoms with van der Waals surface area (Å²) in [4.78, 5) is 26.1. The van der Waals surface area contributed by atoms with Crippen molar-refractivity contribution in [3.63, 3.8) is 0 Å². The predicted octanol–water partition coefficient (Wildman–Crippen LogP) is 4.29. The van der Waals surface area contributed by atoms with Crippen LogP contribution >= 0.6 is 11.3 Å². The first-order valence-electron chi connectivity index (χ1n) is 8.91. The number of carbonyl (C=O) groups excluding carboxylic acids is 2. The number of alkyl halides is 3. The number of rotatable bonds is 7. The van der Waals surface area contributed by atoms with Gasteiger partial charge < -0.3 is 10.2 Å². The minimum atomic E-state index is -5.01. The zero-order valence-corrected chi connectivity index (χ0v) is 15.8. The molecule has 1 aliphatic rings. The molecule has 0 bridgehead atoms. The lowest BCUT2D eigenvalue weighted by Crippen LogP contribution is -2.50. The Hall–Kier alpha value is -1.57. The predicted molar refractivity (Wildman–Crippen MR) is 94.7 cm³/mol. The first-order chi connectivity index (χ1) is 12.2. The molecule has 1 heterocycles. The summed E-state index contributed by atoms with van der Waals surface area (Å²) in [6.07, 6.45) is -0.995. The second-order valence-corrected chi connectivity index (χ2v) is 8.07. The van der Waals surface area contributed by atoms with Gasteiger partial charge in [0, 0.05) is 17.5 Å². The minimum Gasteiger partial charge on any atom is -0.351 e. The van der Waals surface area contributed by atoms with E-state index in [0.29, 0.717) is 16.2 Å². The normalized spacial score (nSPS) is 16.7. The molecule has 0 saturated heterocycles. The molecule has 2 rings (SSSR count). The molecule has 1 N–H and O–H groups in total. The van der Waals surface area contributed by atoms with Gasteiger partial charge in [-0.15, -0.1) is 11.3 Å². The van der Waals surface area contributed by atoms with Gasteiger partial charge in [0.25, 0.3) is 0 Å². The first kappa shape index (κ1) is 20.7. The van der Waals surface area contributed by atoms with E-state index in [1.165, 1.54) is 11.3 Å². The molecule has 2 amide bonds. The lowest BCUT2D eigenvalue weighted by Gasteiger charge is -2.32. The third-order valence-corrected chi connectivity index (χ3v) is 5.45. The Morgan fingerprint density at radius 3 is 2.46 bits per heavy atom. The standard InChI is InChI=1S/C18H25F3N2O2S/c1-12(2)9-10-23(17(25)18(19,20)21)15(14-8-5-11-26-14)16(24)22-13-6-3-4-7-13/h5,8,11-13,15H,3-4,6-7,9-10H2,1-2H3,(H,22,24)/t15-/m0/s1. The molecule has 1 aromatic heterocycles. The van der Waals surface area contributed by atoms with Gasteiger partial charge in [0.05, 0.1) is 0 Å². The third kappa shape index (κ3) is 5.46. The van der Waals surface area contributed by atoms with Crippen LogP contribution in [0.5, 0.6) is 0 Å². The van der Waals surface area contributed by atoms with E-state index in [-0.39, 0.29) is 18.5 Å². The number of carbonyl (C=O) groups is 2. The van der Waals surface area contributed by atoms with E-state index in [1.807, 2.05) is 13.8 Å². The smallest absolute Gasteiger partial charge is 0.351 e. The maximum atomic E-state index is 13.2. The molecule has 1 saturated carbocycles. The van der Waals surface area contributed by atoms with Crippen molar-refractivity contribution in [2.24, 2.45) is 5.92 Å². The number of hydrogen-bond acceptors (Lipinski definition) is 3. The lowest BCUT2D eigenvalue weighted by molar-refractivity contribution is -0.188. The molecule has 1 atom stereocenters. The molecular formula is C18H25F3N2O2S. The SMILES string of the molecule is CC(C)CCN(C(=O)C(F)(F)F)[C@H](C(=O)NC1CCCC1)c1cccs1. The Kier molecular flexibility index (Phi) is 7.08. The van der Waals surface area contributed by atoms with Crippen LogP contribution in [0.4, 0.5) is 13.2 Å². The van der Waals surface area contributed by atoms with Gasteiger partial charge in [-0.25, -0.2) is 0 Å². The molecule has 1 fully saturated rings. The Labute approximate surface area is 155 Å². The molecule has 0 unspecified atom stereocenters. The number of hydrogen-bond donors (Lipinski definition) is 1. The van der Waals surface area contributed by atoms with Crippen LogP contribution in [0.25, 0.3) is 0 Å². The summed E-state index contributed by atoms with van der Waals surface area (Å²) in [5.41, 5.74) is 0. The van der Waals surface area contributed by atoms with Crippen molar-refractivity contribution < 1.29 is 22.8 Å². The van der Waals surface area contributed by atoms with Gasteiger partial charge in [0.2, 0.25) is 5.91 Å². The Balaban J connectivity index is 2.30. The van der Waals surface area contributed by atoms with Crippen molar-refractivity contribution in [2.75, 3.05) is 6.54 Å². The van der Waals surface area contributed by atoms with Gasteiger partial charge in [0.1, 0.15) is 6.04 Å². The van der Waals surface area contributed by atoms with Crippen LogP contribution in [-0.4, -0.2) is 35.5 Å². The molecule has 1 aliphatic carbocycles. The average Bonchev–Trinajstić information content (AvgIpc) is 3.22. The van der Waals surface area contributed by atoms with Crippen molar-refractivity contribution in [2.45, 2.75) is 64.2 Å². The van der Waals surface area contributed by atoms with Crippen molar-refractivity contribution in [3.8, 4) is 0 Å². The summed E-state index contributed by atoms with van der Waals surface area (Å²) >= 11 is 1.19. The third-order valence-electron chi connectivity index (χ3n) is 4.52. The maximum absolute atomic E-state index is 13.2. The monoisotopic (exact) mass is 390 g/mol. The zero-order chi connectivity index (χ0) is 19.3. The van der Waals surface area contributed by atoms with Crippen LogP contribution in [0.3, 0.4) is 0 Å². The Morgan fingerprint density at radius 1 is 1.31 bits per heavy atom. The molecular weight excluding hydrogens is 365 g/mol. The molecule has 4 nitrogen and oxygen atoms in total. The molecule has 146 valence electrons. The highest BCUT2D eigenvalue weighted by molar-refractivity contribution is 7.10. The number of halogens is 3. The second-order valence-electron chi connectivity index (χ2n) is 7.09. The first-order valence-corrected chi connectivity index (χ1v) is 9.79. The van der Waals surface area contributed by atoms with Crippen LogP contribution in [-0.2, 0) is 9.59 Å². The van der Waals surface area contributed by atoms with E-state index in [9.17, 15) is 22.8 Å². The van der Waals surface area contributed by atoms with Crippen molar-refractivity contribution in [1.29, 1.82) is 0 Å². The van der Waals surface area contributed by atoms with Gasteiger partial charge >= 0.3 is 12.1 Å². The quantitative estimate of drug-likeness (QED) is 0.755. The zero-order valence-electron chi connectivity index (χ0n) is 15.0. The van der Waals surface area contributed by atoms with Crippen LogP contribution in [0.2, 0.25) is 0 Å². The van der Waals surface area contributed by atoms with Gasteiger partial charge in [-0.1, -0.05) is 32.8 Å². The molecule has 0 aromatic carbocycles. The van der Waals surface area contributed by atoms with Crippen LogP contribution in [0.1, 0.15) is 56.9 Å². The van der Waals surface area contributed by atoms with Crippen molar-refractivity contribution in [3.05, 3.63) is 22.4 Å². The van der Waals surface area contributed by atoms with E-state index >= 15 is 0 Å². The minimum absolute atomic E-state index is 0.0297. The van der Waals surface area contributed by atoms with Crippen molar-refractivity contribution in [1.82, 2.24) is 10.2 Å². The van der Waals surface area contributed by atoms with Crippen LogP contribution in [0, 0.1) is 5.92 Å². The average molecular weight is 390 g/mol. The molecule has 1 aromatic rings. The highest BCUT2D eigenvalue weighted by Gasteiger charge is 2.46. The van der Waals surface area contributed by atoms with E-state index in [1.54, 1.807) is 17.5 Å². The highest BCUT2D eigenvalue weighted by atomic mass is 32.1. The topological polar surface area (TPSA) is 49.4 Å². The summed E-state index contributed by atoms with van der Waals surface area (Å²) < 4.78 is 39.5. The number of amides is 2. The fourth-order valence-corrected chi connectivity index (χ4v) is 3.96. The fraction of sp³-hybridized carbons (Fsp3) is 0.667.